The van der Waals surface area contributed by atoms with Gasteiger partial charge in [0, 0.05) is 6.54 Å². The summed E-state index contributed by atoms with van der Waals surface area (Å²) in [6.07, 6.45) is 0. The number of sulfonamides is 1. The van der Waals surface area contributed by atoms with Crippen LogP contribution in [-0.4, -0.2) is 33.7 Å². The minimum atomic E-state index is -3.37. The summed E-state index contributed by atoms with van der Waals surface area (Å²) < 4.78 is 37.7. The Kier molecular flexibility index (Phi) is 4.80. The number of halogens is 1. The molecule has 0 aliphatic heterocycles. The molecular weight excluding hydrogens is 259 g/mol. The van der Waals surface area contributed by atoms with Gasteiger partial charge in [0.2, 0.25) is 10.0 Å². The average molecular weight is 274 g/mol. The van der Waals surface area contributed by atoms with Crippen LogP contribution in [0.15, 0.2) is 18.2 Å². The summed E-state index contributed by atoms with van der Waals surface area (Å²) in [4.78, 5) is 11.6. The predicted molar refractivity (Wildman–Crippen MR) is 66.3 cm³/mol. The smallest absolute Gasteiger partial charge is 0.254 e. The first-order valence-electron chi connectivity index (χ1n) is 5.31. The lowest BCUT2D eigenvalue weighted by molar-refractivity contribution is 0.0952. The minimum absolute atomic E-state index is 0.0741. The molecule has 0 radical (unpaired) electrons. The first-order valence-corrected chi connectivity index (χ1v) is 6.96. The second kappa shape index (κ2) is 5.92. The van der Waals surface area contributed by atoms with E-state index in [1.54, 1.807) is 13.0 Å². The molecule has 5 nitrogen and oxygen atoms in total. The van der Waals surface area contributed by atoms with E-state index < -0.39 is 21.7 Å². The van der Waals surface area contributed by atoms with Crippen molar-refractivity contribution >= 4 is 15.9 Å². The molecule has 0 saturated heterocycles. The molecule has 0 aliphatic carbocycles. The Bertz CT molecular complexity index is 543. The van der Waals surface area contributed by atoms with Gasteiger partial charge < -0.3 is 5.32 Å². The average Bonchev–Trinajstić information content (AvgIpc) is 2.28. The first kappa shape index (κ1) is 14.6. The van der Waals surface area contributed by atoms with Gasteiger partial charge in [0.1, 0.15) is 5.82 Å². The highest BCUT2D eigenvalue weighted by molar-refractivity contribution is 7.89. The monoisotopic (exact) mass is 274 g/mol. The zero-order chi connectivity index (χ0) is 13.8. The Labute approximate surface area is 105 Å². The molecule has 0 aromatic heterocycles. The maximum absolute atomic E-state index is 13.4. The molecule has 0 aliphatic rings. The molecule has 2 N–H and O–H groups in total. The Morgan fingerprint density at radius 2 is 2.06 bits per heavy atom. The third kappa shape index (κ3) is 4.08. The SMILES string of the molecule is CNS(=O)(=O)CCNC(=O)c1ccc(C)cc1F. The van der Waals surface area contributed by atoms with Crippen molar-refractivity contribution in [1.29, 1.82) is 0 Å². The van der Waals surface area contributed by atoms with Gasteiger partial charge >= 0.3 is 0 Å². The molecule has 1 aromatic rings. The molecule has 1 aromatic carbocycles. The van der Waals surface area contributed by atoms with Crippen molar-refractivity contribution in [3.63, 3.8) is 0 Å². The van der Waals surface area contributed by atoms with Crippen LogP contribution < -0.4 is 10.0 Å². The maximum atomic E-state index is 13.4. The van der Waals surface area contributed by atoms with Crippen LogP contribution in [0.3, 0.4) is 0 Å². The van der Waals surface area contributed by atoms with Crippen molar-refractivity contribution in [1.82, 2.24) is 10.0 Å². The largest absolute Gasteiger partial charge is 0.351 e. The highest BCUT2D eigenvalue weighted by Crippen LogP contribution is 2.09. The van der Waals surface area contributed by atoms with E-state index in [0.717, 1.165) is 0 Å². The van der Waals surface area contributed by atoms with Crippen molar-refractivity contribution in [2.75, 3.05) is 19.3 Å². The van der Waals surface area contributed by atoms with Crippen molar-refractivity contribution in [3.05, 3.63) is 35.1 Å². The summed E-state index contributed by atoms with van der Waals surface area (Å²) in [5.74, 6) is -1.49. The number of benzene rings is 1. The Hall–Kier alpha value is -1.47. The number of nitrogens with one attached hydrogen (secondary N) is 2. The van der Waals surface area contributed by atoms with Crippen molar-refractivity contribution < 1.29 is 17.6 Å². The van der Waals surface area contributed by atoms with E-state index in [1.807, 2.05) is 0 Å². The third-order valence-corrected chi connectivity index (χ3v) is 3.70. The second-order valence-corrected chi connectivity index (χ2v) is 5.81. The quantitative estimate of drug-likeness (QED) is 0.816. The van der Waals surface area contributed by atoms with E-state index >= 15 is 0 Å². The fourth-order valence-corrected chi connectivity index (χ4v) is 1.88. The highest BCUT2D eigenvalue weighted by Gasteiger charge is 2.12. The molecule has 1 amide bonds. The molecule has 0 spiro atoms. The second-order valence-electron chi connectivity index (χ2n) is 3.76. The number of hydrogen-bond donors (Lipinski definition) is 2. The van der Waals surface area contributed by atoms with Gasteiger partial charge in [0.05, 0.1) is 11.3 Å². The van der Waals surface area contributed by atoms with Crippen LogP contribution in [-0.2, 0) is 10.0 Å². The Balaban J connectivity index is 2.61. The van der Waals surface area contributed by atoms with Gasteiger partial charge in [-0.3, -0.25) is 4.79 Å². The highest BCUT2D eigenvalue weighted by atomic mass is 32.2. The van der Waals surface area contributed by atoms with Crippen LogP contribution >= 0.6 is 0 Å². The summed E-state index contributed by atoms with van der Waals surface area (Å²) in [7, 11) is -2.08. The van der Waals surface area contributed by atoms with Crippen LogP contribution in [0.4, 0.5) is 4.39 Å². The number of amides is 1. The Morgan fingerprint density at radius 1 is 1.39 bits per heavy atom. The standard InChI is InChI=1S/C11H15FN2O3S/c1-8-3-4-9(10(12)7-8)11(15)14-5-6-18(16,17)13-2/h3-4,7,13H,5-6H2,1-2H3,(H,14,15). The third-order valence-electron chi connectivity index (χ3n) is 2.34. The number of aryl methyl sites for hydroxylation is 1. The van der Waals surface area contributed by atoms with E-state index in [0.29, 0.717) is 5.56 Å². The fraction of sp³-hybridized carbons (Fsp3) is 0.364. The van der Waals surface area contributed by atoms with Crippen LogP contribution in [0.25, 0.3) is 0 Å². The number of carbonyl (C=O) groups is 1. The van der Waals surface area contributed by atoms with Gasteiger partial charge in [-0.05, 0) is 31.7 Å². The van der Waals surface area contributed by atoms with Crippen LogP contribution in [0, 0.1) is 12.7 Å². The molecule has 0 saturated carbocycles. The molecule has 1 rings (SSSR count). The predicted octanol–water partition coefficient (Wildman–Crippen LogP) is 0.413. The molecule has 100 valence electrons. The lowest BCUT2D eigenvalue weighted by Gasteiger charge is -2.06. The topological polar surface area (TPSA) is 75.3 Å². The zero-order valence-corrected chi connectivity index (χ0v) is 11.0. The van der Waals surface area contributed by atoms with E-state index in [4.69, 9.17) is 0 Å². The Morgan fingerprint density at radius 3 is 2.61 bits per heavy atom. The number of hydrogen-bond acceptors (Lipinski definition) is 3. The number of carbonyl (C=O) groups excluding carboxylic acids is 1. The maximum Gasteiger partial charge on any atom is 0.254 e. The molecule has 0 bridgehead atoms. The fourth-order valence-electron chi connectivity index (χ4n) is 1.30. The first-order chi connectivity index (χ1) is 8.35. The van der Waals surface area contributed by atoms with Crippen LogP contribution in [0.2, 0.25) is 0 Å². The number of rotatable bonds is 5. The molecular formula is C11H15FN2O3S. The molecule has 0 atom stereocenters. The molecule has 0 heterocycles. The van der Waals surface area contributed by atoms with Crippen molar-refractivity contribution in [2.24, 2.45) is 0 Å². The van der Waals surface area contributed by atoms with Crippen LogP contribution in [0.5, 0.6) is 0 Å². The van der Waals surface area contributed by atoms with Gasteiger partial charge in [-0.1, -0.05) is 6.07 Å². The van der Waals surface area contributed by atoms with Gasteiger partial charge in [0.15, 0.2) is 0 Å². The summed E-state index contributed by atoms with van der Waals surface area (Å²) in [5.41, 5.74) is 0.615. The molecule has 0 unspecified atom stereocenters. The van der Waals surface area contributed by atoms with Crippen LogP contribution in [0.1, 0.15) is 15.9 Å². The zero-order valence-electron chi connectivity index (χ0n) is 10.2. The van der Waals surface area contributed by atoms with E-state index in [9.17, 15) is 17.6 Å². The lowest BCUT2D eigenvalue weighted by Crippen LogP contribution is -2.33. The summed E-state index contributed by atoms with van der Waals surface area (Å²) >= 11 is 0. The van der Waals surface area contributed by atoms with E-state index in [-0.39, 0.29) is 17.9 Å². The minimum Gasteiger partial charge on any atom is -0.351 e. The van der Waals surface area contributed by atoms with Gasteiger partial charge in [-0.25, -0.2) is 17.5 Å². The summed E-state index contributed by atoms with van der Waals surface area (Å²) in [5, 5.41) is 2.35. The van der Waals surface area contributed by atoms with Gasteiger partial charge in [-0.2, -0.15) is 0 Å². The lowest BCUT2D eigenvalue weighted by atomic mass is 10.1. The summed E-state index contributed by atoms with van der Waals surface area (Å²) in [6.45, 7) is 1.64. The van der Waals surface area contributed by atoms with Gasteiger partial charge in [0.25, 0.3) is 5.91 Å². The van der Waals surface area contributed by atoms with Crippen molar-refractivity contribution in [3.8, 4) is 0 Å². The molecule has 0 fully saturated rings. The molecule has 7 heteroatoms. The normalized spacial score (nSPS) is 11.3. The van der Waals surface area contributed by atoms with Crippen molar-refractivity contribution in [2.45, 2.75) is 6.92 Å². The van der Waals surface area contributed by atoms with E-state index in [2.05, 4.69) is 10.0 Å². The van der Waals surface area contributed by atoms with Gasteiger partial charge in [-0.15, -0.1) is 0 Å². The summed E-state index contributed by atoms with van der Waals surface area (Å²) in [6, 6.07) is 4.23. The van der Waals surface area contributed by atoms with E-state index in [1.165, 1.54) is 19.2 Å². The molecule has 18 heavy (non-hydrogen) atoms.